The summed E-state index contributed by atoms with van der Waals surface area (Å²) in [6.45, 7) is 0. The summed E-state index contributed by atoms with van der Waals surface area (Å²) in [7, 11) is 0. The summed E-state index contributed by atoms with van der Waals surface area (Å²) in [4.78, 5) is 0. The summed E-state index contributed by atoms with van der Waals surface area (Å²) in [5, 5.41) is 22.2. The molecule has 22 aromatic carbocycles. The average Bonchev–Trinajstić information content (AvgIpc) is 0.748. The van der Waals surface area contributed by atoms with Gasteiger partial charge in [0.2, 0.25) is 0 Å². The van der Waals surface area contributed by atoms with Crippen molar-refractivity contribution in [3.63, 3.8) is 0 Å². The largest absolute Gasteiger partial charge is 0.226 e. The molecule has 0 atom stereocenters. The van der Waals surface area contributed by atoms with Crippen molar-refractivity contribution in [2.24, 2.45) is 0 Å². The van der Waals surface area contributed by atoms with Crippen LogP contribution in [-0.2, 0) is 98.1 Å². The van der Waals surface area contributed by atoms with E-state index >= 15 is 0 Å². The van der Waals surface area contributed by atoms with Crippen molar-refractivity contribution in [2.75, 3.05) is 0 Å². The molecular formula is C114H70Y3-6. The molecule has 0 aliphatic rings. The minimum Gasteiger partial charge on any atom is -0.226 e. The molecule has 0 fully saturated rings. The van der Waals surface area contributed by atoms with E-state index in [9.17, 15) is 0 Å². The molecule has 22 aromatic rings. The molecule has 0 N–H and O–H groups in total. The smallest absolute Gasteiger partial charge is 0 e. The molecule has 3 radical (unpaired) electrons. The fraction of sp³-hybridized carbons (Fsp3) is 0. The van der Waals surface area contributed by atoms with Crippen molar-refractivity contribution in [3.8, 4) is 111 Å². The van der Waals surface area contributed by atoms with Crippen LogP contribution in [0, 0.1) is 36.4 Å². The van der Waals surface area contributed by atoms with Gasteiger partial charge in [0.25, 0.3) is 0 Å². The number of hydrogen-bond acceptors (Lipinski definition) is 0. The van der Waals surface area contributed by atoms with Crippen molar-refractivity contribution >= 4 is 97.0 Å². The second-order valence-corrected chi connectivity index (χ2v) is 29.0. The van der Waals surface area contributed by atoms with Crippen LogP contribution < -0.4 is 0 Å². The van der Waals surface area contributed by atoms with Gasteiger partial charge in [-0.3, -0.25) is 0 Å². The Kier molecular flexibility index (Phi) is 23.4. The molecule has 541 valence electrons. The van der Waals surface area contributed by atoms with E-state index in [2.05, 4.69) is 431 Å². The first-order valence-electron chi connectivity index (χ1n) is 39.0. The molecule has 0 aliphatic heterocycles. The summed E-state index contributed by atoms with van der Waals surface area (Å²) in [5.41, 5.74) is 23.8. The van der Waals surface area contributed by atoms with E-state index in [0.29, 0.717) is 0 Å². The van der Waals surface area contributed by atoms with Gasteiger partial charge in [-0.15, -0.1) is 70.1 Å². The number of hydrogen-bond donors (Lipinski definition) is 0. The van der Waals surface area contributed by atoms with Crippen LogP contribution in [0.5, 0.6) is 0 Å². The van der Waals surface area contributed by atoms with Crippen molar-refractivity contribution in [1.82, 2.24) is 0 Å². The molecule has 0 spiro atoms. The second kappa shape index (κ2) is 35.1. The zero-order chi connectivity index (χ0) is 75.7. The number of benzene rings is 22. The first kappa shape index (κ1) is 78.0. The molecule has 0 nitrogen and oxygen atoms in total. The van der Waals surface area contributed by atoms with Crippen molar-refractivity contribution in [1.29, 1.82) is 0 Å². The minimum atomic E-state index is 0. The molecule has 3 heteroatoms. The van der Waals surface area contributed by atoms with Crippen LogP contribution >= 0.6 is 0 Å². The van der Waals surface area contributed by atoms with E-state index in [1.54, 1.807) is 0 Å². The summed E-state index contributed by atoms with van der Waals surface area (Å²) in [6.07, 6.45) is 0. The Balaban J connectivity index is 0.000000125. The predicted octanol–water partition coefficient (Wildman–Crippen LogP) is 30.9. The van der Waals surface area contributed by atoms with Gasteiger partial charge in [-0.05, 0) is 126 Å². The molecule has 0 bridgehead atoms. The van der Waals surface area contributed by atoms with Gasteiger partial charge >= 0.3 is 0 Å². The Morgan fingerprint density at radius 2 is 0.462 bits per heavy atom. The van der Waals surface area contributed by atoms with E-state index in [4.69, 9.17) is 0 Å². The van der Waals surface area contributed by atoms with Crippen LogP contribution in [0.2, 0.25) is 0 Å². The standard InChI is InChI=1S/C42H26.2C36H22.3Y/c1-3-13-29(14-4-1)34-27-33-17-7-8-18-35(33)40(28-34)30-23-25-32(26-24-30)42-38-21-11-9-19-36(38)41(31-15-5-2-6-16-31)37-20-10-12-22-39(37)42;1-3-13-25(14-4-1)28-23-27-17-7-8-18-29(27)34(24-28)36-32-21-11-9-19-30(32)35(26-15-5-2-6-16-26)31-20-10-12-22-33(31)36;1-2-12-27(13-3-1)35-31-16-6-8-18-33(31)36(34-19-9-7-17-32(34)35)28-23-21-26(22-24-28)30-20-10-14-25-11-4-5-15-29(25)30;;;/h1-13,15-26,28H;1-13,15-22,24H;1-19,21,23-24H;;;/q3*-2;;;. The van der Waals surface area contributed by atoms with Gasteiger partial charge in [-0.2, -0.15) is 108 Å². The van der Waals surface area contributed by atoms with E-state index in [0.717, 1.165) is 44.2 Å². The molecule has 0 saturated carbocycles. The van der Waals surface area contributed by atoms with Gasteiger partial charge in [0, 0.05) is 98.1 Å². The number of fused-ring (bicyclic) bond motifs is 9. The van der Waals surface area contributed by atoms with Crippen LogP contribution in [0.25, 0.3) is 208 Å². The molecule has 117 heavy (non-hydrogen) atoms. The molecule has 0 saturated heterocycles. The normalized spacial score (nSPS) is 11.0. The first-order valence-corrected chi connectivity index (χ1v) is 39.0. The maximum Gasteiger partial charge on any atom is 0 e. The van der Waals surface area contributed by atoms with Gasteiger partial charge in [0.1, 0.15) is 0 Å². The SMILES string of the molecule is [Y].[Y].[Y].[c-]1cc(-c2c3ccccc3c(-c3ccccc3)c3ccccc23)ccc1-c1[c-]ccc2ccccc12.[c-]1ccccc1-c1[c-]c2ccccc2c(-c2c3ccccc3c(-c3ccccc3)c3ccccc23)c1.[c-]1ccccc1-c1[c-]c2ccccc2c(-c2ccc(-c3c4ccccc4c(-c4ccccc4)c4ccccc34)cc2)c1. The van der Waals surface area contributed by atoms with Crippen LogP contribution in [0.3, 0.4) is 0 Å². The Morgan fingerprint density at radius 3 is 0.838 bits per heavy atom. The zero-order valence-corrected chi connectivity index (χ0v) is 72.7. The van der Waals surface area contributed by atoms with Crippen LogP contribution in [0.1, 0.15) is 0 Å². The molecule has 0 aliphatic carbocycles. The molecule has 0 aromatic heterocycles. The summed E-state index contributed by atoms with van der Waals surface area (Å²) in [6, 6.07) is 172. The van der Waals surface area contributed by atoms with Crippen molar-refractivity contribution in [3.05, 3.63) is 461 Å². The fourth-order valence-electron chi connectivity index (χ4n) is 17.3. The third kappa shape index (κ3) is 15.1. The summed E-state index contributed by atoms with van der Waals surface area (Å²) in [5.74, 6) is 0. The van der Waals surface area contributed by atoms with Crippen molar-refractivity contribution in [2.45, 2.75) is 0 Å². The number of rotatable bonds is 10. The second-order valence-electron chi connectivity index (χ2n) is 29.0. The van der Waals surface area contributed by atoms with Gasteiger partial charge in [0.15, 0.2) is 0 Å². The fourth-order valence-corrected chi connectivity index (χ4v) is 17.3. The first-order chi connectivity index (χ1) is 56.6. The Bertz CT molecular complexity index is 7180. The topological polar surface area (TPSA) is 0 Å². The average molecular weight is 1710 g/mol. The Labute approximate surface area is 758 Å². The van der Waals surface area contributed by atoms with E-state index in [1.807, 2.05) is 30.3 Å². The minimum absolute atomic E-state index is 0. The summed E-state index contributed by atoms with van der Waals surface area (Å²) >= 11 is 0. The van der Waals surface area contributed by atoms with Gasteiger partial charge in [-0.1, -0.05) is 343 Å². The van der Waals surface area contributed by atoms with Crippen LogP contribution in [-0.4, -0.2) is 0 Å². The Morgan fingerprint density at radius 1 is 0.162 bits per heavy atom. The van der Waals surface area contributed by atoms with Gasteiger partial charge in [0.05, 0.1) is 0 Å². The Hall–Kier alpha value is -11.5. The zero-order valence-electron chi connectivity index (χ0n) is 64.1. The van der Waals surface area contributed by atoms with Crippen LogP contribution in [0.4, 0.5) is 0 Å². The van der Waals surface area contributed by atoms with E-state index in [1.165, 1.54) is 164 Å². The van der Waals surface area contributed by atoms with E-state index < -0.39 is 0 Å². The molecule has 0 unspecified atom stereocenters. The van der Waals surface area contributed by atoms with E-state index in [-0.39, 0.29) is 98.1 Å². The maximum absolute atomic E-state index is 3.66. The third-order valence-corrected chi connectivity index (χ3v) is 22.4. The molecule has 0 amide bonds. The van der Waals surface area contributed by atoms with Gasteiger partial charge in [-0.25, -0.2) is 22.3 Å². The summed E-state index contributed by atoms with van der Waals surface area (Å²) < 4.78 is 0. The third-order valence-electron chi connectivity index (χ3n) is 22.4. The molecule has 22 rings (SSSR count). The van der Waals surface area contributed by atoms with Crippen molar-refractivity contribution < 1.29 is 98.1 Å². The molecule has 0 heterocycles. The maximum atomic E-state index is 3.66. The quantitative estimate of drug-likeness (QED) is 0.0946. The van der Waals surface area contributed by atoms with Gasteiger partial charge < -0.3 is 0 Å². The predicted molar refractivity (Wildman–Crippen MR) is 484 cm³/mol. The molecular weight excluding hydrogens is 1640 g/mol. The monoisotopic (exact) mass is 1710 g/mol. The van der Waals surface area contributed by atoms with Crippen LogP contribution in [0.15, 0.2) is 425 Å².